The van der Waals surface area contributed by atoms with E-state index >= 15 is 0 Å². The van der Waals surface area contributed by atoms with Crippen molar-refractivity contribution in [3.63, 3.8) is 0 Å². The van der Waals surface area contributed by atoms with E-state index in [2.05, 4.69) is 21.2 Å². The van der Waals surface area contributed by atoms with E-state index in [0.29, 0.717) is 6.42 Å². The van der Waals surface area contributed by atoms with Crippen molar-refractivity contribution in [3.05, 3.63) is 36.0 Å². The number of carbonyl (C=O) groups is 3. The van der Waals surface area contributed by atoms with Gasteiger partial charge < -0.3 is 10.3 Å². The first-order valence-electron chi connectivity index (χ1n) is 11.4. The standard InChI is InChI=1S/C24H30N4O3/c29-21(8-18-13-25-20-4-2-1-3-19(18)20)27-28-23(31)14-26-22(30)12-24-9-15-5-16(10-24)7-17(6-15)11-24/h1-4,13,15-17,25H,5-12,14H2,(H,26,30)(H,27,29)(H,28,31). The molecule has 0 spiro atoms. The van der Waals surface area contributed by atoms with E-state index in [4.69, 9.17) is 0 Å². The molecule has 4 N–H and O–H groups in total. The largest absolute Gasteiger partial charge is 0.361 e. The summed E-state index contributed by atoms with van der Waals surface area (Å²) in [5, 5.41) is 3.73. The smallest absolute Gasteiger partial charge is 0.257 e. The highest BCUT2D eigenvalue weighted by Crippen LogP contribution is 2.61. The number of H-pyrrole nitrogens is 1. The quantitative estimate of drug-likeness (QED) is 0.538. The molecule has 7 nitrogen and oxygen atoms in total. The van der Waals surface area contributed by atoms with Gasteiger partial charge in [-0.05, 0) is 73.3 Å². The summed E-state index contributed by atoms with van der Waals surface area (Å²) in [4.78, 5) is 39.9. The van der Waals surface area contributed by atoms with E-state index in [0.717, 1.165) is 34.2 Å². The predicted molar refractivity (Wildman–Crippen MR) is 117 cm³/mol. The molecule has 0 atom stereocenters. The molecule has 0 unspecified atom stereocenters. The first kappa shape index (κ1) is 20.1. The summed E-state index contributed by atoms with van der Waals surface area (Å²) in [6, 6.07) is 7.75. The summed E-state index contributed by atoms with van der Waals surface area (Å²) in [7, 11) is 0. The maximum Gasteiger partial charge on any atom is 0.257 e. The van der Waals surface area contributed by atoms with Crippen LogP contribution in [0.5, 0.6) is 0 Å². The van der Waals surface area contributed by atoms with Crippen molar-refractivity contribution in [2.24, 2.45) is 23.2 Å². The molecular weight excluding hydrogens is 392 g/mol. The van der Waals surface area contributed by atoms with Crippen LogP contribution in [0.25, 0.3) is 10.9 Å². The van der Waals surface area contributed by atoms with Gasteiger partial charge in [0.15, 0.2) is 0 Å². The van der Waals surface area contributed by atoms with Gasteiger partial charge in [-0.25, -0.2) is 0 Å². The molecule has 1 aromatic carbocycles. The van der Waals surface area contributed by atoms with Crippen LogP contribution in [0, 0.1) is 23.2 Å². The first-order valence-corrected chi connectivity index (χ1v) is 11.4. The summed E-state index contributed by atoms with van der Waals surface area (Å²) in [6.45, 7) is -0.126. The Balaban J connectivity index is 1.05. The highest BCUT2D eigenvalue weighted by Gasteiger charge is 2.51. The maximum atomic E-state index is 12.5. The normalized spacial score (nSPS) is 28.5. The minimum Gasteiger partial charge on any atom is -0.361 e. The average molecular weight is 423 g/mol. The van der Waals surface area contributed by atoms with Gasteiger partial charge in [-0.1, -0.05) is 18.2 Å². The Kier molecular flexibility index (Phi) is 5.20. The fourth-order valence-corrected chi connectivity index (χ4v) is 6.77. The third kappa shape index (κ3) is 4.31. The van der Waals surface area contributed by atoms with Gasteiger partial charge in [-0.15, -0.1) is 0 Å². The molecule has 4 aliphatic carbocycles. The summed E-state index contributed by atoms with van der Waals surface area (Å²) >= 11 is 0. The molecule has 0 radical (unpaired) electrons. The van der Waals surface area contributed by atoms with Gasteiger partial charge >= 0.3 is 0 Å². The van der Waals surface area contributed by atoms with Gasteiger partial charge in [0.25, 0.3) is 5.91 Å². The number of amides is 3. The second-order valence-electron chi connectivity index (χ2n) is 10.0. The minimum absolute atomic E-state index is 0.0535. The summed E-state index contributed by atoms with van der Waals surface area (Å²) < 4.78 is 0. The lowest BCUT2D eigenvalue weighted by Gasteiger charge is -2.56. The van der Waals surface area contributed by atoms with Crippen molar-refractivity contribution in [1.82, 2.24) is 21.2 Å². The SMILES string of the molecule is O=C(CC12CC3CC(CC(C3)C1)C2)NCC(=O)NNC(=O)Cc1c[nH]c2ccccc12. The number of hydrazine groups is 1. The van der Waals surface area contributed by atoms with Gasteiger partial charge in [0.1, 0.15) is 0 Å². The van der Waals surface area contributed by atoms with E-state index in [1.807, 2.05) is 24.3 Å². The lowest BCUT2D eigenvalue weighted by molar-refractivity contribution is -0.132. The average Bonchev–Trinajstić information content (AvgIpc) is 3.12. The van der Waals surface area contributed by atoms with Crippen LogP contribution in [0.2, 0.25) is 0 Å². The van der Waals surface area contributed by atoms with E-state index in [9.17, 15) is 14.4 Å². The van der Waals surface area contributed by atoms with Crippen LogP contribution in [0.3, 0.4) is 0 Å². The molecule has 4 fully saturated rings. The van der Waals surface area contributed by atoms with Crippen molar-refractivity contribution < 1.29 is 14.4 Å². The molecule has 1 aromatic heterocycles. The molecule has 0 saturated heterocycles. The van der Waals surface area contributed by atoms with Crippen molar-refractivity contribution in [1.29, 1.82) is 0 Å². The minimum atomic E-state index is -0.425. The van der Waals surface area contributed by atoms with Gasteiger partial charge in [0.2, 0.25) is 11.8 Å². The number of para-hydroxylation sites is 1. The molecule has 4 saturated carbocycles. The number of benzene rings is 1. The Labute approximate surface area is 181 Å². The molecule has 0 aliphatic heterocycles. The fraction of sp³-hybridized carbons (Fsp3) is 0.542. The molecule has 6 rings (SSSR count). The van der Waals surface area contributed by atoms with E-state index in [1.54, 1.807) is 6.20 Å². The van der Waals surface area contributed by atoms with Crippen LogP contribution in [0.15, 0.2) is 30.5 Å². The molecule has 3 amide bonds. The van der Waals surface area contributed by atoms with E-state index in [-0.39, 0.29) is 30.2 Å². The Morgan fingerprint density at radius 1 is 0.903 bits per heavy atom. The van der Waals surface area contributed by atoms with Crippen molar-refractivity contribution in [2.75, 3.05) is 6.54 Å². The molecule has 164 valence electrons. The van der Waals surface area contributed by atoms with Gasteiger partial charge in [0, 0.05) is 23.5 Å². The zero-order valence-electron chi connectivity index (χ0n) is 17.7. The maximum absolute atomic E-state index is 12.5. The number of rotatable bonds is 6. The Hall–Kier alpha value is -2.83. The number of hydrogen-bond donors (Lipinski definition) is 4. The molecule has 31 heavy (non-hydrogen) atoms. The van der Waals surface area contributed by atoms with Crippen LogP contribution in [-0.2, 0) is 20.8 Å². The molecule has 2 aromatic rings. The lowest BCUT2D eigenvalue weighted by Crippen LogP contribution is -2.49. The van der Waals surface area contributed by atoms with Crippen molar-refractivity contribution in [2.45, 2.75) is 51.4 Å². The number of aromatic nitrogens is 1. The lowest BCUT2D eigenvalue weighted by atomic mass is 9.49. The van der Waals surface area contributed by atoms with Crippen LogP contribution in [0.1, 0.15) is 50.5 Å². The van der Waals surface area contributed by atoms with Crippen molar-refractivity contribution >= 4 is 28.6 Å². The second-order valence-corrected chi connectivity index (χ2v) is 10.0. The van der Waals surface area contributed by atoms with Crippen molar-refractivity contribution in [3.8, 4) is 0 Å². The van der Waals surface area contributed by atoms with Gasteiger partial charge in [-0.2, -0.15) is 0 Å². The third-order valence-electron chi connectivity index (χ3n) is 7.51. The second kappa shape index (κ2) is 8.02. The zero-order valence-corrected chi connectivity index (χ0v) is 17.7. The Bertz CT molecular complexity index is 976. The van der Waals surface area contributed by atoms with Gasteiger partial charge in [-0.3, -0.25) is 25.2 Å². The predicted octanol–water partition coefficient (Wildman–Crippen LogP) is 2.58. The molecule has 7 heteroatoms. The fourth-order valence-electron chi connectivity index (χ4n) is 6.77. The van der Waals surface area contributed by atoms with Gasteiger partial charge in [0.05, 0.1) is 13.0 Å². The molecule has 4 bridgehead atoms. The van der Waals surface area contributed by atoms with Crippen LogP contribution in [-0.4, -0.2) is 29.3 Å². The summed E-state index contributed by atoms with van der Waals surface area (Å²) in [6.07, 6.45) is 10.0. The first-order chi connectivity index (χ1) is 15.0. The number of fused-ring (bicyclic) bond motifs is 1. The summed E-state index contributed by atoms with van der Waals surface area (Å²) in [5.41, 5.74) is 6.82. The number of aromatic amines is 1. The Morgan fingerprint density at radius 2 is 1.55 bits per heavy atom. The van der Waals surface area contributed by atoms with E-state index < -0.39 is 5.91 Å². The van der Waals surface area contributed by atoms with Crippen LogP contribution < -0.4 is 16.2 Å². The number of hydrogen-bond acceptors (Lipinski definition) is 3. The van der Waals surface area contributed by atoms with E-state index in [1.165, 1.54) is 38.5 Å². The van der Waals surface area contributed by atoms with Crippen LogP contribution in [0.4, 0.5) is 0 Å². The van der Waals surface area contributed by atoms with Crippen LogP contribution >= 0.6 is 0 Å². The number of carbonyl (C=O) groups excluding carboxylic acids is 3. The highest BCUT2D eigenvalue weighted by atomic mass is 16.2. The molecule has 4 aliphatic rings. The highest BCUT2D eigenvalue weighted by molar-refractivity contribution is 5.90. The summed E-state index contributed by atoms with van der Waals surface area (Å²) in [5.74, 6) is 1.62. The molecule has 1 heterocycles. The molecular formula is C24H30N4O3. The third-order valence-corrected chi connectivity index (χ3v) is 7.51. The Morgan fingerprint density at radius 3 is 2.26 bits per heavy atom. The zero-order chi connectivity index (χ0) is 21.4. The monoisotopic (exact) mass is 422 g/mol. The topological polar surface area (TPSA) is 103 Å². The number of nitrogens with one attached hydrogen (secondary N) is 4.